The summed E-state index contributed by atoms with van der Waals surface area (Å²) in [6, 6.07) is 7.58. The third-order valence-corrected chi connectivity index (χ3v) is 9.07. The van der Waals surface area contributed by atoms with E-state index in [4.69, 9.17) is 15.2 Å². The SMILES string of the molecule is C=C/C=C\C(=C/C)c1nnc(C2(C[C@@H](C)NCC(=O)N(CC#N)CCCCC)C(CCC(=C)C)=C(C)CCc3cc(C(N)=O)ccc32)o1.C=CN.CC. The molecule has 288 valence electrons. The molecule has 0 spiro atoms. The highest BCUT2D eigenvalue weighted by molar-refractivity contribution is 5.93. The lowest BCUT2D eigenvalue weighted by Gasteiger charge is -2.38. The van der Waals surface area contributed by atoms with Gasteiger partial charge in [0, 0.05) is 23.7 Å². The zero-order valence-electron chi connectivity index (χ0n) is 33.3. The number of rotatable bonds is 18. The minimum atomic E-state index is -0.878. The fraction of sp³-hybridized carbons (Fsp3) is 0.465. The van der Waals surface area contributed by atoms with Gasteiger partial charge in [-0.05, 0) is 102 Å². The Morgan fingerprint density at radius 3 is 2.49 bits per heavy atom. The van der Waals surface area contributed by atoms with E-state index in [2.05, 4.69) is 62.7 Å². The van der Waals surface area contributed by atoms with E-state index in [1.165, 1.54) is 17.3 Å². The number of fused-ring (bicyclic) bond motifs is 1. The first-order valence-electron chi connectivity index (χ1n) is 18.7. The van der Waals surface area contributed by atoms with Crippen molar-refractivity contribution >= 4 is 17.4 Å². The second kappa shape index (κ2) is 24.3. The topological polar surface area (TPSA) is 164 Å². The van der Waals surface area contributed by atoms with Gasteiger partial charge in [-0.25, -0.2) is 0 Å². The van der Waals surface area contributed by atoms with Gasteiger partial charge in [-0.3, -0.25) is 9.59 Å². The van der Waals surface area contributed by atoms with Gasteiger partial charge in [-0.15, -0.1) is 16.8 Å². The van der Waals surface area contributed by atoms with Crippen molar-refractivity contribution in [2.75, 3.05) is 19.6 Å². The molecule has 0 radical (unpaired) electrons. The van der Waals surface area contributed by atoms with Crippen LogP contribution in [0.4, 0.5) is 0 Å². The highest BCUT2D eigenvalue weighted by Crippen LogP contribution is 2.50. The molecule has 53 heavy (non-hydrogen) atoms. The van der Waals surface area contributed by atoms with Crippen LogP contribution in [0.1, 0.15) is 127 Å². The van der Waals surface area contributed by atoms with Crippen molar-refractivity contribution in [2.24, 2.45) is 11.5 Å². The molecule has 10 nitrogen and oxygen atoms in total. The Kier molecular flexibility index (Phi) is 21.1. The van der Waals surface area contributed by atoms with Crippen LogP contribution in [0.15, 0.2) is 89.6 Å². The molecule has 0 saturated carbocycles. The van der Waals surface area contributed by atoms with Crippen LogP contribution in [0.3, 0.4) is 0 Å². The number of carbonyl (C=O) groups is 2. The van der Waals surface area contributed by atoms with Gasteiger partial charge in [0.2, 0.25) is 23.6 Å². The molecule has 1 heterocycles. The van der Waals surface area contributed by atoms with Crippen LogP contribution < -0.4 is 16.8 Å². The summed E-state index contributed by atoms with van der Waals surface area (Å²) in [4.78, 5) is 27.2. The van der Waals surface area contributed by atoms with Crippen molar-refractivity contribution in [3.05, 3.63) is 114 Å². The number of aryl methyl sites for hydroxylation is 1. The van der Waals surface area contributed by atoms with E-state index >= 15 is 0 Å². The number of hydrogen-bond acceptors (Lipinski definition) is 8. The van der Waals surface area contributed by atoms with Crippen molar-refractivity contribution in [2.45, 2.75) is 111 Å². The van der Waals surface area contributed by atoms with E-state index in [0.29, 0.717) is 36.7 Å². The number of benzene rings is 1. The minimum Gasteiger partial charge on any atom is -0.419 e. The maximum atomic E-state index is 13.3. The third kappa shape index (κ3) is 13.2. The van der Waals surface area contributed by atoms with Crippen LogP contribution >= 0.6 is 0 Å². The molecular formula is C43H63N7O3. The Balaban J connectivity index is 0.00000267. The molecule has 3 rings (SSSR count). The second-order valence-electron chi connectivity index (χ2n) is 13.0. The van der Waals surface area contributed by atoms with Gasteiger partial charge in [0.05, 0.1) is 18.0 Å². The number of hydrogen-bond donors (Lipinski definition) is 3. The Morgan fingerprint density at radius 1 is 1.21 bits per heavy atom. The lowest BCUT2D eigenvalue weighted by atomic mass is 9.66. The molecule has 10 heteroatoms. The third-order valence-electron chi connectivity index (χ3n) is 9.07. The molecule has 1 aliphatic carbocycles. The lowest BCUT2D eigenvalue weighted by Crippen LogP contribution is -2.45. The van der Waals surface area contributed by atoms with E-state index in [9.17, 15) is 14.9 Å². The fourth-order valence-electron chi connectivity index (χ4n) is 6.51. The summed E-state index contributed by atoms with van der Waals surface area (Å²) >= 11 is 0. The quantitative estimate of drug-likeness (QED) is 0.0599. The van der Waals surface area contributed by atoms with E-state index in [0.717, 1.165) is 60.8 Å². The summed E-state index contributed by atoms with van der Waals surface area (Å²) in [7, 11) is 0. The number of allylic oxidation sites excluding steroid dienone is 8. The molecule has 0 saturated heterocycles. The number of amides is 2. The first-order valence-corrected chi connectivity index (χ1v) is 18.7. The maximum absolute atomic E-state index is 13.3. The van der Waals surface area contributed by atoms with E-state index in [1.807, 2.05) is 58.1 Å². The molecule has 1 aromatic heterocycles. The Morgan fingerprint density at radius 2 is 1.91 bits per heavy atom. The summed E-state index contributed by atoms with van der Waals surface area (Å²) < 4.78 is 6.64. The molecule has 0 bridgehead atoms. The summed E-state index contributed by atoms with van der Waals surface area (Å²) in [5.41, 5.74) is 16.1. The van der Waals surface area contributed by atoms with Gasteiger partial charge >= 0.3 is 0 Å². The predicted molar refractivity (Wildman–Crippen MR) is 218 cm³/mol. The summed E-state index contributed by atoms with van der Waals surface area (Å²) in [6.07, 6.45) is 14.9. The summed E-state index contributed by atoms with van der Waals surface area (Å²) in [5.74, 6) is 0.236. The predicted octanol–water partition coefficient (Wildman–Crippen LogP) is 8.24. The molecule has 1 aromatic carbocycles. The number of primary amides is 1. The highest BCUT2D eigenvalue weighted by Gasteiger charge is 2.47. The molecular weight excluding hydrogens is 663 g/mol. The first kappa shape index (κ1) is 46.0. The van der Waals surface area contributed by atoms with Crippen LogP contribution in [0.5, 0.6) is 0 Å². The van der Waals surface area contributed by atoms with E-state index < -0.39 is 11.3 Å². The highest BCUT2D eigenvalue weighted by atomic mass is 16.4. The first-order chi connectivity index (χ1) is 25.4. The number of unbranched alkanes of at least 4 members (excludes halogenated alkanes) is 2. The van der Waals surface area contributed by atoms with Crippen LogP contribution in [-0.2, 0) is 16.6 Å². The number of aromatic nitrogens is 2. The molecule has 0 aliphatic heterocycles. The average molecular weight is 726 g/mol. The van der Waals surface area contributed by atoms with Crippen molar-refractivity contribution in [1.82, 2.24) is 20.4 Å². The smallest absolute Gasteiger partial charge is 0.248 e. The molecule has 1 aliphatic rings. The standard InChI is InChI=1S/C39H52N6O3.C2H5N.C2H6/c1-8-11-13-22-45(23-21-40)35(46)26-42-29(7)25-39(38-44-43-37(48-38)30(10-3)14-12-9-2)33(19-15-27(4)5)28(6)16-17-31-24-32(36(41)47)18-20-34(31)39;1-2-3;1-2/h9-10,12,14,18,20,24,29,42H,2,4,8,11,13,15-17,19,22-23,25-26H2,1,3,5-7H3,(H2,41,47);2H,1,3H2;1-2H3/b14-12-,30-10+;;/t29-,39?;;/m1../s1. The zero-order chi connectivity index (χ0) is 40.0. The zero-order valence-corrected chi connectivity index (χ0v) is 33.3. The maximum Gasteiger partial charge on any atom is 0.248 e. The van der Waals surface area contributed by atoms with Crippen molar-refractivity contribution in [1.29, 1.82) is 5.26 Å². The van der Waals surface area contributed by atoms with Crippen LogP contribution in [0, 0.1) is 11.3 Å². The molecule has 2 atom stereocenters. The van der Waals surface area contributed by atoms with Gasteiger partial charge in [0.25, 0.3) is 0 Å². The normalized spacial score (nSPS) is 15.8. The Hall–Kier alpha value is -5.01. The lowest BCUT2D eigenvalue weighted by molar-refractivity contribution is -0.129. The fourth-order valence-corrected chi connectivity index (χ4v) is 6.51. The molecule has 5 N–H and O–H groups in total. The Labute approximate surface area is 318 Å². The van der Waals surface area contributed by atoms with Gasteiger partial charge in [-0.1, -0.05) is 87.8 Å². The number of carbonyl (C=O) groups excluding carboxylic acids is 2. The van der Waals surface area contributed by atoms with E-state index in [-0.39, 0.29) is 25.0 Å². The summed E-state index contributed by atoms with van der Waals surface area (Å²) in [6.45, 7) is 26.1. The minimum absolute atomic E-state index is 0.0590. The molecule has 1 unspecified atom stereocenters. The van der Waals surface area contributed by atoms with Gasteiger partial charge < -0.3 is 26.1 Å². The van der Waals surface area contributed by atoms with Crippen molar-refractivity contribution in [3.8, 4) is 6.07 Å². The van der Waals surface area contributed by atoms with Crippen molar-refractivity contribution < 1.29 is 14.0 Å². The van der Waals surface area contributed by atoms with Crippen molar-refractivity contribution in [3.63, 3.8) is 0 Å². The number of nitrogens with two attached hydrogens (primary N) is 2. The van der Waals surface area contributed by atoms with Gasteiger partial charge in [-0.2, -0.15) is 5.26 Å². The van der Waals surface area contributed by atoms with E-state index in [1.54, 1.807) is 17.0 Å². The number of nitriles is 1. The summed E-state index contributed by atoms with van der Waals surface area (Å²) in [5, 5.41) is 22.1. The largest absolute Gasteiger partial charge is 0.419 e. The van der Waals surface area contributed by atoms with Crippen LogP contribution in [-0.4, -0.2) is 52.6 Å². The molecule has 2 amide bonds. The average Bonchev–Trinajstić information content (AvgIpc) is 3.60. The second-order valence-corrected chi connectivity index (χ2v) is 13.0. The van der Waals surface area contributed by atoms with Crippen LogP contribution in [0.2, 0.25) is 0 Å². The molecule has 2 aromatic rings. The number of nitrogens with one attached hydrogen (secondary N) is 1. The molecule has 0 fully saturated rings. The van der Waals surface area contributed by atoms with Crippen LogP contribution in [0.25, 0.3) is 5.57 Å². The van der Waals surface area contributed by atoms with Gasteiger partial charge in [0.1, 0.15) is 6.54 Å². The monoisotopic (exact) mass is 725 g/mol. The Bertz CT molecular complexity index is 1660. The van der Waals surface area contributed by atoms with Gasteiger partial charge in [0.15, 0.2) is 0 Å². The number of nitrogens with zero attached hydrogens (tertiary/aromatic N) is 4.